The summed E-state index contributed by atoms with van der Waals surface area (Å²) in [7, 11) is -3.76. The molecule has 8 heteroatoms. The third-order valence-electron chi connectivity index (χ3n) is 2.53. The summed E-state index contributed by atoms with van der Waals surface area (Å²) in [4.78, 5) is 21.7. The van der Waals surface area contributed by atoms with Gasteiger partial charge in [-0.1, -0.05) is 0 Å². The molecule has 0 spiro atoms. The van der Waals surface area contributed by atoms with E-state index in [0.29, 0.717) is 17.2 Å². The lowest BCUT2D eigenvalue weighted by Gasteiger charge is -2.08. The Bertz CT molecular complexity index is 790. The van der Waals surface area contributed by atoms with Gasteiger partial charge in [-0.3, -0.25) is 4.72 Å². The number of hydrogen-bond acceptors (Lipinski definition) is 6. The molecule has 2 rings (SSSR count). The minimum Gasteiger partial charge on any atom is -0.263 e. The fourth-order valence-corrected chi connectivity index (χ4v) is 2.71. The van der Waals surface area contributed by atoms with Crippen molar-refractivity contribution >= 4 is 27.6 Å². The summed E-state index contributed by atoms with van der Waals surface area (Å²) in [6, 6.07) is 7.06. The van der Waals surface area contributed by atoms with Crippen molar-refractivity contribution < 1.29 is 13.2 Å². The maximum absolute atomic E-state index is 12.2. The Morgan fingerprint density at radius 3 is 2.38 bits per heavy atom. The first-order valence-corrected chi connectivity index (χ1v) is 7.42. The van der Waals surface area contributed by atoms with E-state index in [9.17, 15) is 13.2 Å². The van der Waals surface area contributed by atoms with Crippen LogP contribution in [0.2, 0.25) is 0 Å². The fourth-order valence-electron chi connectivity index (χ4n) is 1.72. The molecular weight excluding hydrogens is 292 g/mol. The van der Waals surface area contributed by atoms with Crippen molar-refractivity contribution in [2.75, 3.05) is 4.72 Å². The number of benzene rings is 1. The Morgan fingerprint density at radius 2 is 1.81 bits per heavy atom. The number of hydrogen-bond donors (Lipinski definition) is 1. The van der Waals surface area contributed by atoms with E-state index in [1.165, 1.54) is 36.4 Å². The van der Waals surface area contributed by atoms with E-state index in [-0.39, 0.29) is 10.7 Å². The number of isocyanates is 1. The molecule has 0 saturated heterocycles. The van der Waals surface area contributed by atoms with Crippen LogP contribution in [-0.2, 0) is 14.8 Å². The van der Waals surface area contributed by atoms with Gasteiger partial charge in [0, 0.05) is 11.8 Å². The molecule has 0 amide bonds. The number of nitrogens with one attached hydrogen (secondary N) is 1. The second-order valence-corrected chi connectivity index (χ2v) is 5.93. The third-order valence-corrected chi connectivity index (χ3v) is 3.90. The van der Waals surface area contributed by atoms with Crippen molar-refractivity contribution in [1.82, 2.24) is 9.97 Å². The van der Waals surface area contributed by atoms with E-state index >= 15 is 0 Å². The van der Waals surface area contributed by atoms with Crippen LogP contribution in [0.3, 0.4) is 0 Å². The number of carbonyl (C=O) groups excluding carboxylic acids is 1. The quantitative estimate of drug-likeness (QED) is 0.686. The summed E-state index contributed by atoms with van der Waals surface area (Å²) < 4.78 is 26.8. The van der Waals surface area contributed by atoms with Crippen LogP contribution in [0.4, 0.5) is 11.5 Å². The van der Waals surface area contributed by atoms with Gasteiger partial charge in [-0.05, 0) is 38.1 Å². The normalized spacial score (nSPS) is 10.8. The van der Waals surface area contributed by atoms with Gasteiger partial charge in [0.15, 0.2) is 0 Å². The molecule has 0 saturated carbocycles. The Labute approximate surface area is 121 Å². The molecule has 7 nitrogen and oxygen atoms in total. The van der Waals surface area contributed by atoms with Crippen molar-refractivity contribution in [1.29, 1.82) is 0 Å². The maximum Gasteiger partial charge on any atom is 0.263 e. The van der Waals surface area contributed by atoms with Crippen molar-refractivity contribution in [3.05, 3.63) is 41.9 Å². The lowest BCUT2D eigenvalue weighted by Crippen LogP contribution is -2.14. The van der Waals surface area contributed by atoms with E-state index in [2.05, 4.69) is 19.7 Å². The van der Waals surface area contributed by atoms with Crippen molar-refractivity contribution in [2.24, 2.45) is 4.99 Å². The largest absolute Gasteiger partial charge is 0.263 e. The van der Waals surface area contributed by atoms with Crippen LogP contribution in [-0.4, -0.2) is 24.5 Å². The first-order valence-electron chi connectivity index (χ1n) is 5.94. The molecule has 0 radical (unpaired) electrons. The van der Waals surface area contributed by atoms with Crippen LogP contribution < -0.4 is 4.72 Å². The Hall–Kier alpha value is -2.57. The zero-order chi connectivity index (χ0) is 15.5. The molecule has 0 aliphatic carbocycles. The highest BCUT2D eigenvalue weighted by Crippen LogP contribution is 2.18. The van der Waals surface area contributed by atoms with Gasteiger partial charge in [0.2, 0.25) is 6.08 Å². The molecule has 0 aliphatic rings. The first-order chi connectivity index (χ1) is 9.90. The highest BCUT2D eigenvalue weighted by Gasteiger charge is 2.15. The summed E-state index contributed by atoms with van der Waals surface area (Å²) in [5, 5.41) is 0. The van der Waals surface area contributed by atoms with Crippen LogP contribution in [0.15, 0.2) is 40.2 Å². The summed E-state index contributed by atoms with van der Waals surface area (Å²) in [6.07, 6.45) is 1.39. The minimum absolute atomic E-state index is 0.0428. The maximum atomic E-state index is 12.2. The van der Waals surface area contributed by atoms with Gasteiger partial charge in [0.1, 0.15) is 11.6 Å². The summed E-state index contributed by atoms with van der Waals surface area (Å²) in [5.41, 5.74) is 0.994. The van der Waals surface area contributed by atoms with Gasteiger partial charge in [0.25, 0.3) is 10.0 Å². The molecule has 21 heavy (non-hydrogen) atoms. The topological polar surface area (TPSA) is 101 Å². The van der Waals surface area contributed by atoms with Crippen molar-refractivity contribution in [3.63, 3.8) is 0 Å². The lowest BCUT2D eigenvalue weighted by molar-refractivity contribution is 0.565. The molecule has 0 fully saturated rings. The van der Waals surface area contributed by atoms with E-state index in [1.54, 1.807) is 13.8 Å². The van der Waals surface area contributed by atoms with Gasteiger partial charge < -0.3 is 0 Å². The number of rotatable bonds is 4. The Balaban J connectivity index is 2.31. The lowest BCUT2D eigenvalue weighted by atomic mass is 10.3. The van der Waals surface area contributed by atoms with Gasteiger partial charge in [-0.15, -0.1) is 0 Å². The predicted molar refractivity (Wildman–Crippen MR) is 76.5 cm³/mol. The van der Waals surface area contributed by atoms with Gasteiger partial charge >= 0.3 is 0 Å². The molecule has 1 N–H and O–H groups in total. The number of nitrogens with zero attached hydrogens (tertiary/aromatic N) is 3. The standard InChI is InChI=1S/C13H12N4O3S/c1-9-7-13(16-10(2)15-9)17-21(19,20)12-5-3-11(4-6-12)14-8-18/h3-7H,1-2H3,(H,15,16,17). The predicted octanol–water partition coefficient (Wildman–Crippen LogP) is 1.86. The number of aromatic nitrogens is 2. The molecular formula is C13H12N4O3S. The van der Waals surface area contributed by atoms with E-state index in [4.69, 9.17) is 0 Å². The van der Waals surface area contributed by atoms with E-state index in [1.807, 2.05) is 0 Å². The number of aryl methyl sites for hydroxylation is 2. The third kappa shape index (κ3) is 3.71. The molecule has 0 aliphatic heterocycles. The van der Waals surface area contributed by atoms with Gasteiger partial charge in [-0.2, -0.15) is 4.99 Å². The smallest absolute Gasteiger partial charge is 0.263 e. The molecule has 108 valence electrons. The highest BCUT2D eigenvalue weighted by molar-refractivity contribution is 7.92. The van der Waals surface area contributed by atoms with Crippen molar-refractivity contribution in [3.8, 4) is 0 Å². The molecule has 1 heterocycles. The summed E-state index contributed by atoms with van der Waals surface area (Å²) in [6.45, 7) is 3.43. The highest BCUT2D eigenvalue weighted by atomic mass is 32.2. The zero-order valence-corrected chi connectivity index (χ0v) is 12.2. The molecule has 1 aromatic heterocycles. The Kier molecular flexibility index (Phi) is 4.11. The minimum atomic E-state index is -3.76. The first kappa shape index (κ1) is 14.8. The van der Waals surface area contributed by atoms with Crippen LogP contribution >= 0.6 is 0 Å². The monoisotopic (exact) mass is 304 g/mol. The SMILES string of the molecule is Cc1cc(NS(=O)(=O)c2ccc(N=C=O)cc2)nc(C)n1. The van der Waals surface area contributed by atoms with Crippen molar-refractivity contribution in [2.45, 2.75) is 18.7 Å². The number of aliphatic imine (C=N–C) groups is 1. The number of anilines is 1. The average molecular weight is 304 g/mol. The molecule has 0 bridgehead atoms. The van der Waals surface area contributed by atoms with Crippen LogP contribution in [0.1, 0.15) is 11.5 Å². The summed E-state index contributed by atoms with van der Waals surface area (Å²) in [5.74, 6) is 0.679. The van der Waals surface area contributed by atoms with E-state index in [0.717, 1.165) is 0 Å². The summed E-state index contributed by atoms with van der Waals surface area (Å²) >= 11 is 0. The Morgan fingerprint density at radius 1 is 1.14 bits per heavy atom. The second kappa shape index (κ2) is 5.82. The molecule has 0 atom stereocenters. The molecule has 2 aromatic rings. The average Bonchev–Trinajstić information content (AvgIpc) is 2.38. The van der Waals surface area contributed by atoms with Gasteiger partial charge in [0.05, 0.1) is 10.6 Å². The van der Waals surface area contributed by atoms with Gasteiger partial charge in [-0.25, -0.2) is 23.2 Å². The van der Waals surface area contributed by atoms with Crippen LogP contribution in [0.5, 0.6) is 0 Å². The fraction of sp³-hybridized carbons (Fsp3) is 0.154. The molecule has 1 aromatic carbocycles. The molecule has 0 unspecified atom stereocenters. The van der Waals surface area contributed by atoms with Crippen LogP contribution in [0.25, 0.3) is 0 Å². The van der Waals surface area contributed by atoms with E-state index < -0.39 is 10.0 Å². The van der Waals surface area contributed by atoms with Crippen LogP contribution in [0, 0.1) is 13.8 Å². The second-order valence-electron chi connectivity index (χ2n) is 4.24. The zero-order valence-electron chi connectivity index (χ0n) is 11.4. The number of sulfonamides is 1.